The Kier molecular flexibility index (Phi) is 3.06. The van der Waals surface area contributed by atoms with E-state index in [2.05, 4.69) is 40.7 Å². The van der Waals surface area contributed by atoms with E-state index in [1.807, 2.05) is 42.6 Å². The van der Waals surface area contributed by atoms with E-state index in [1.165, 1.54) is 10.6 Å². The van der Waals surface area contributed by atoms with Crippen LogP contribution in [0.2, 0.25) is 0 Å². The average molecular weight is 287 g/mol. The third-order valence-electron chi connectivity index (χ3n) is 4.00. The standard InChI is InChI=1S/C19H17N3/c20-17-11-19-16(15-8-4-5-9-18(15)22-19)10-13(17)12-21-14-6-2-1-3-7-14/h1-12,17,21-22H,20H2/b13-12-. The maximum absolute atomic E-state index is 6.26. The van der Waals surface area contributed by atoms with Gasteiger partial charge in [-0.05, 0) is 35.9 Å². The monoisotopic (exact) mass is 287 g/mol. The van der Waals surface area contributed by atoms with Crippen LogP contribution in [-0.2, 0) is 0 Å². The van der Waals surface area contributed by atoms with E-state index < -0.39 is 0 Å². The fourth-order valence-corrected chi connectivity index (χ4v) is 2.85. The Morgan fingerprint density at radius 3 is 2.64 bits per heavy atom. The van der Waals surface area contributed by atoms with E-state index in [4.69, 9.17) is 5.73 Å². The molecule has 0 aliphatic heterocycles. The lowest BCUT2D eigenvalue weighted by molar-refractivity contribution is 1.02. The normalized spacial score (nSPS) is 18.6. The van der Waals surface area contributed by atoms with Crippen LogP contribution in [0.15, 0.2) is 66.4 Å². The Balaban J connectivity index is 1.79. The average Bonchev–Trinajstić information content (AvgIpc) is 2.91. The summed E-state index contributed by atoms with van der Waals surface area (Å²) in [5.41, 5.74) is 9.53. The number of aromatic amines is 1. The zero-order chi connectivity index (χ0) is 14.9. The van der Waals surface area contributed by atoms with Crippen molar-refractivity contribution in [1.29, 1.82) is 0 Å². The number of nitrogens with one attached hydrogen (secondary N) is 2. The van der Waals surface area contributed by atoms with E-state index in [1.54, 1.807) is 0 Å². The van der Waals surface area contributed by atoms with Gasteiger partial charge in [-0.3, -0.25) is 0 Å². The van der Waals surface area contributed by atoms with Crippen molar-refractivity contribution in [2.24, 2.45) is 5.73 Å². The summed E-state index contributed by atoms with van der Waals surface area (Å²) in [5, 5.41) is 6.85. The van der Waals surface area contributed by atoms with Crippen molar-refractivity contribution >= 4 is 28.7 Å². The fourth-order valence-electron chi connectivity index (χ4n) is 2.85. The Morgan fingerprint density at radius 1 is 1.00 bits per heavy atom. The van der Waals surface area contributed by atoms with Gasteiger partial charge in [0.15, 0.2) is 0 Å². The lowest BCUT2D eigenvalue weighted by Crippen LogP contribution is -2.35. The van der Waals surface area contributed by atoms with Gasteiger partial charge in [0, 0.05) is 33.4 Å². The molecule has 4 rings (SSSR count). The van der Waals surface area contributed by atoms with Gasteiger partial charge in [0.05, 0.1) is 6.04 Å². The van der Waals surface area contributed by atoms with Crippen LogP contribution in [0, 0.1) is 0 Å². The number of benzene rings is 2. The van der Waals surface area contributed by atoms with Gasteiger partial charge in [-0.1, -0.05) is 36.4 Å². The van der Waals surface area contributed by atoms with E-state index in [-0.39, 0.29) is 6.04 Å². The van der Waals surface area contributed by atoms with Crippen molar-refractivity contribution in [1.82, 2.24) is 4.98 Å². The lowest BCUT2D eigenvalue weighted by atomic mass is 10.0. The van der Waals surface area contributed by atoms with Crippen molar-refractivity contribution in [3.63, 3.8) is 0 Å². The predicted octanol–water partition coefficient (Wildman–Crippen LogP) is 2.07. The number of para-hydroxylation sites is 2. The first-order valence-corrected chi connectivity index (χ1v) is 7.39. The zero-order valence-electron chi connectivity index (χ0n) is 12.1. The summed E-state index contributed by atoms with van der Waals surface area (Å²) in [7, 11) is 0. The van der Waals surface area contributed by atoms with E-state index in [9.17, 15) is 0 Å². The van der Waals surface area contributed by atoms with Crippen molar-refractivity contribution in [2.45, 2.75) is 6.04 Å². The number of H-pyrrole nitrogens is 1. The third-order valence-corrected chi connectivity index (χ3v) is 4.00. The van der Waals surface area contributed by atoms with Crippen molar-refractivity contribution < 1.29 is 0 Å². The molecule has 0 radical (unpaired) electrons. The second-order valence-electron chi connectivity index (χ2n) is 5.49. The number of anilines is 1. The van der Waals surface area contributed by atoms with Crippen molar-refractivity contribution in [3.8, 4) is 0 Å². The van der Waals surface area contributed by atoms with Crippen LogP contribution in [0.3, 0.4) is 0 Å². The number of aromatic nitrogens is 1. The van der Waals surface area contributed by atoms with Gasteiger partial charge < -0.3 is 16.0 Å². The molecule has 0 spiro atoms. The lowest BCUT2D eigenvalue weighted by Gasteiger charge is -2.12. The molecule has 1 aliphatic carbocycles. The smallest absolute Gasteiger partial charge is 0.0519 e. The molecule has 0 saturated carbocycles. The van der Waals surface area contributed by atoms with Gasteiger partial charge in [-0.25, -0.2) is 0 Å². The van der Waals surface area contributed by atoms with E-state index in [0.717, 1.165) is 22.1 Å². The summed E-state index contributed by atoms with van der Waals surface area (Å²) in [6.07, 6.45) is 6.23. The van der Waals surface area contributed by atoms with Gasteiger partial charge in [0.1, 0.15) is 0 Å². The van der Waals surface area contributed by atoms with Crippen molar-refractivity contribution in [3.05, 3.63) is 76.9 Å². The summed E-state index contributed by atoms with van der Waals surface area (Å²) < 4.78 is 0. The summed E-state index contributed by atoms with van der Waals surface area (Å²) in [4.78, 5) is 3.43. The molecule has 108 valence electrons. The molecule has 3 nitrogen and oxygen atoms in total. The van der Waals surface area contributed by atoms with Crippen LogP contribution >= 0.6 is 0 Å². The highest BCUT2D eigenvalue weighted by Crippen LogP contribution is 2.12. The molecule has 3 heteroatoms. The maximum Gasteiger partial charge on any atom is 0.0519 e. The first-order chi connectivity index (χ1) is 10.8. The van der Waals surface area contributed by atoms with Gasteiger partial charge in [-0.2, -0.15) is 0 Å². The van der Waals surface area contributed by atoms with Gasteiger partial charge in [0.25, 0.3) is 0 Å². The molecular weight excluding hydrogens is 270 g/mol. The molecule has 1 atom stereocenters. The molecule has 0 amide bonds. The topological polar surface area (TPSA) is 53.8 Å². The number of hydrogen-bond donors (Lipinski definition) is 3. The molecule has 1 aliphatic rings. The number of rotatable bonds is 2. The second-order valence-corrected chi connectivity index (χ2v) is 5.49. The molecule has 3 aromatic rings. The summed E-state index contributed by atoms with van der Waals surface area (Å²) in [6, 6.07) is 18.3. The van der Waals surface area contributed by atoms with Crippen LogP contribution in [0.1, 0.15) is 0 Å². The Labute approximate surface area is 128 Å². The molecule has 2 aromatic carbocycles. The van der Waals surface area contributed by atoms with Gasteiger partial charge in [0.2, 0.25) is 0 Å². The first-order valence-electron chi connectivity index (χ1n) is 7.39. The summed E-state index contributed by atoms with van der Waals surface area (Å²) in [6.45, 7) is 0. The highest BCUT2D eigenvalue weighted by atomic mass is 14.8. The quantitative estimate of drug-likeness (QED) is 0.676. The molecule has 0 bridgehead atoms. The SMILES string of the molecule is NC1C=c2[nH]c3ccccc3c2=C/C1=C/Nc1ccccc1. The number of nitrogens with two attached hydrogens (primary N) is 1. The van der Waals surface area contributed by atoms with E-state index >= 15 is 0 Å². The minimum atomic E-state index is -0.114. The number of fused-ring (bicyclic) bond motifs is 3. The molecule has 22 heavy (non-hydrogen) atoms. The molecule has 0 fully saturated rings. The largest absolute Gasteiger partial charge is 0.361 e. The van der Waals surface area contributed by atoms with Gasteiger partial charge >= 0.3 is 0 Å². The second kappa shape index (κ2) is 5.20. The fraction of sp³-hybridized carbons (Fsp3) is 0.0526. The maximum atomic E-state index is 6.26. The van der Waals surface area contributed by atoms with E-state index in [0.29, 0.717) is 0 Å². The first kappa shape index (κ1) is 12.9. The molecule has 1 aromatic heterocycles. The highest BCUT2D eigenvalue weighted by Gasteiger charge is 2.11. The molecular formula is C19H17N3. The molecule has 4 N–H and O–H groups in total. The van der Waals surface area contributed by atoms with Gasteiger partial charge in [-0.15, -0.1) is 0 Å². The summed E-state index contributed by atoms with van der Waals surface area (Å²) >= 11 is 0. The Hall–Kier alpha value is -2.78. The third kappa shape index (κ3) is 2.22. The molecule has 1 unspecified atom stereocenters. The zero-order valence-corrected chi connectivity index (χ0v) is 12.1. The summed E-state index contributed by atoms with van der Waals surface area (Å²) in [5.74, 6) is 0. The predicted molar refractivity (Wildman–Crippen MR) is 92.6 cm³/mol. The molecule has 0 saturated heterocycles. The van der Waals surface area contributed by atoms with Crippen LogP contribution in [0.4, 0.5) is 5.69 Å². The minimum Gasteiger partial charge on any atom is -0.361 e. The number of hydrogen-bond acceptors (Lipinski definition) is 2. The van der Waals surface area contributed by atoms with Crippen molar-refractivity contribution in [2.75, 3.05) is 5.32 Å². The molecule has 1 heterocycles. The Morgan fingerprint density at radius 2 is 1.77 bits per heavy atom. The minimum absolute atomic E-state index is 0.114. The van der Waals surface area contributed by atoms with Crippen LogP contribution < -0.4 is 21.6 Å². The van der Waals surface area contributed by atoms with Crippen LogP contribution in [0.25, 0.3) is 23.1 Å². The highest BCUT2D eigenvalue weighted by molar-refractivity contribution is 5.83. The Bertz CT molecular complexity index is 965. The van der Waals surface area contributed by atoms with Crippen LogP contribution in [-0.4, -0.2) is 11.0 Å². The van der Waals surface area contributed by atoms with Crippen LogP contribution in [0.5, 0.6) is 0 Å².